The van der Waals surface area contributed by atoms with Crippen molar-refractivity contribution in [3.63, 3.8) is 0 Å². The summed E-state index contributed by atoms with van der Waals surface area (Å²) in [5, 5.41) is 10.4. The van der Waals surface area contributed by atoms with Crippen molar-refractivity contribution in [2.45, 2.75) is 11.8 Å². The minimum absolute atomic E-state index is 0.00389. The molecule has 1 aromatic carbocycles. The fraction of sp³-hybridized carbons (Fsp3) is 0.143. The molecular weight excluding hydrogens is 194 g/mol. The molecule has 0 aliphatic carbocycles. The Morgan fingerprint density at radius 1 is 1.38 bits per heavy atom. The topological polar surface area (TPSA) is 77.3 Å². The minimum Gasteiger partial charge on any atom is -0.258 e. The first-order valence-electron chi connectivity index (χ1n) is 3.42. The molecule has 6 heteroatoms. The molecule has 0 fully saturated rings. The number of thiol groups is 1. The molecule has 0 spiro atoms. The highest BCUT2D eigenvalue weighted by molar-refractivity contribution is 7.72. The highest BCUT2D eigenvalue weighted by Gasteiger charge is 2.13. The average Bonchev–Trinajstić information content (AvgIpc) is 2.03. The first kappa shape index (κ1) is 9.66. The van der Waals surface area contributed by atoms with Gasteiger partial charge in [0.15, 0.2) is 10.7 Å². The van der Waals surface area contributed by atoms with Gasteiger partial charge in [0.2, 0.25) is 0 Å². The number of nitro benzene ring substituents is 1. The van der Waals surface area contributed by atoms with Gasteiger partial charge in [-0.3, -0.25) is 10.1 Å². The largest absolute Gasteiger partial charge is 0.273 e. The van der Waals surface area contributed by atoms with Crippen molar-refractivity contribution in [1.29, 1.82) is 0 Å². The van der Waals surface area contributed by atoms with Crippen LogP contribution in [0.5, 0.6) is 0 Å². The van der Waals surface area contributed by atoms with Crippen molar-refractivity contribution in [1.82, 2.24) is 0 Å². The van der Waals surface area contributed by atoms with Crippen LogP contribution in [0.15, 0.2) is 23.1 Å². The van der Waals surface area contributed by atoms with E-state index >= 15 is 0 Å². The SMILES string of the molecule is Cc1c([N+](=O)[O-])cccc1[SH](=O)=O. The van der Waals surface area contributed by atoms with Crippen LogP contribution in [0.2, 0.25) is 0 Å². The number of hydrogen-bond donors (Lipinski definition) is 1. The van der Waals surface area contributed by atoms with Gasteiger partial charge >= 0.3 is 0 Å². The third-order valence-corrected chi connectivity index (χ3v) is 2.55. The highest BCUT2D eigenvalue weighted by Crippen LogP contribution is 2.21. The lowest BCUT2D eigenvalue weighted by atomic mass is 10.2. The number of nitrogens with zero attached hydrogens (tertiary/aromatic N) is 1. The first-order valence-corrected chi connectivity index (χ1v) is 4.60. The summed E-state index contributed by atoms with van der Waals surface area (Å²) >= 11 is 0. The molecule has 1 rings (SSSR count). The molecule has 0 aliphatic heterocycles. The van der Waals surface area contributed by atoms with E-state index in [4.69, 9.17) is 0 Å². The van der Waals surface area contributed by atoms with Crippen LogP contribution in [0.3, 0.4) is 0 Å². The van der Waals surface area contributed by atoms with Crippen molar-refractivity contribution in [2.75, 3.05) is 0 Å². The van der Waals surface area contributed by atoms with Crippen molar-refractivity contribution in [2.24, 2.45) is 0 Å². The molecule has 13 heavy (non-hydrogen) atoms. The Balaban J connectivity index is 3.43. The Labute approximate surface area is 76.1 Å². The van der Waals surface area contributed by atoms with Crippen LogP contribution < -0.4 is 0 Å². The molecule has 0 bridgehead atoms. The summed E-state index contributed by atoms with van der Waals surface area (Å²) in [6.07, 6.45) is 0. The zero-order valence-corrected chi connectivity index (χ0v) is 7.65. The number of rotatable bonds is 2. The smallest absolute Gasteiger partial charge is 0.258 e. The zero-order chi connectivity index (χ0) is 10.0. The van der Waals surface area contributed by atoms with Crippen LogP contribution in [-0.4, -0.2) is 13.3 Å². The van der Waals surface area contributed by atoms with Crippen LogP contribution in [0.25, 0.3) is 0 Å². The van der Waals surface area contributed by atoms with Gasteiger partial charge in [0.05, 0.1) is 9.82 Å². The second kappa shape index (κ2) is 3.53. The molecule has 0 unspecified atom stereocenters. The van der Waals surface area contributed by atoms with Gasteiger partial charge in [-0.25, -0.2) is 8.42 Å². The maximum atomic E-state index is 10.6. The van der Waals surface area contributed by atoms with Crippen molar-refractivity contribution >= 4 is 16.4 Å². The van der Waals surface area contributed by atoms with E-state index in [1.54, 1.807) is 0 Å². The Bertz CT molecular complexity index is 417. The van der Waals surface area contributed by atoms with Gasteiger partial charge in [-0.05, 0) is 13.0 Å². The highest BCUT2D eigenvalue weighted by atomic mass is 32.2. The van der Waals surface area contributed by atoms with Gasteiger partial charge in [0.1, 0.15) is 0 Å². The molecule has 0 amide bonds. The number of benzene rings is 1. The Morgan fingerprint density at radius 3 is 2.46 bits per heavy atom. The Kier molecular flexibility index (Phi) is 2.62. The summed E-state index contributed by atoms with van der Waals surface area (Å²) in [7, 11) is -2.76. The second-order valence-electron chi connectivity index (χ2n) is 2.44. The van der Waals surface area contributed by atoms with E-state index in [0.29, 0.717) is 0 Å². The molecule has 0 aromatic heterocycles. The molecular formula is C7H7NO4S. The predicted molar refractivity (Wildman–Crippen MR) is 46.4 cm³/mol. The van der Waals surface area contributed by atoms with E-state index in [0.717, 1.165) is 0 Å². The van der Waals surface area contributed by atoms with Gasteiger partial charge in [-0.1, -0.05) is 6.07 Å². The summed E-state index contributed by atoms with van der Waals surface area (Å²) in [5.74, 6) is 0. The molecule has 0 radical (unpaired) electrons. The predicted octanol–water partition coefficient (Wildman–Crippen LogP) is 0.874. The molecule has 0 atom stereocenters. The molecule has 0 N–H and O–H groups in total. The van der Waals surface area contributed by atoms with Gasteiger partial charge in [-0.15, -0.1) is 0 Å². The molecule has 70 valence electrons. The zero-order valence-electron chi connectivity index (χ0n) is 6.76. The molecule has 0 heterocycles. The maximum absolute atomic E-state index is 10.6. The number of nitro groups is 1. The van der Waals surface area contributed by atoms with Crippen LogP contribution in [0, 0.1) is 17.0 Å². The Hall–Kier alpha value is -1.43. The van der Waals surface area contributed by atoms with Crippen molar-refractivity contribution in [3.05, 3.63) is 33.9 Å². The van der Waals surface area contributed by atoms with Gasteiger partial charge in [0, 0.05) is 11.6 Å². The van der Waals surface area contributed by atoms with Crippen LogP contribution >= 0.6 is 0 Å². The third-order valence-electron chi connectivity index (χ3n) is 1.67. The van der Waals surface area contributed by atoms with Gasteiger partial charge in [0.25, 0.3) is 5.69 Å². The number of hydrogen-bond acceptors (Lipinski definition) is 4. The van der Waals surface area contributed by atoms with Crippen LogP contribution in [0.1, 0.15) is 5.56 Å². The van der Waals surface area contributed by atoms with E-state index in [1.165, 1.54) is 25.1 Å². The lowest BCUT2D eigenvalue weighted by molar-refractivity contribution is -0.385. The first-order chi connectivity index (χ1) is 6.04. The summed E-state index contributed by atoms with van der Waals surface area (Å²) < 4.78 is 21.2. The minimum atomic E-state index is -2.76. The summed E-state index contributed by atoms with van der Waals surface area (Å²) in [4.78, 5) is 9.81. The molecule has 0 aliphatic rings. The summed E-state index contributed by atoms with van der Waals surface area (Å²) in [6.45, 7) is 1.42. The summed E-state index contributed by atoms with van der Waals surface area (Å²) in [6, 6.07) is 3.97. The molecule has 1 aromatic rings. The lowest BCUT2D eigenvalue weighted by Crippen LogP contribution is -1.94. The monoisotopic (exact) mass is 201 g/mol. The van der Waals surface area contributed by atoms with E-state index in [2.05, 4.69) is 0 Å². The normalized spacial score (nSPS) is 10.3. The van der Waals surface area contributed by atoms with Crippen LogP contribution in [0.4, 0.5) is 5.69 Å². The standard InChI is InChI=1S/C7H7NO4S/c1-5-6(8(9)10)3-2-4-7(5)13(11)12/h2-4,13H,1H3. The third kappa shape index (κ3) is 1.83. The van der Waals surface area contributed by atoms with Crippen molar-refractivity contribution < 1.29 is 13.3 Å². The second-order valence-corrected chi connectivity index (χ2v) is 3.43. The van der Waals surface area contributed by atoms with E-state index < -0.39 is 15.6 Å². The fourth-order valence-corrected chi connectivity index (χ4v) is 1.60. The van der Waals surface area contributed by atoms with E-state index in [9.17, 15) is 18.5 Å². The van der Waals surface area contributed by atoms with Crippen molar-refractivity contribution in [3.8, 4) is 0 Å². The molecule has 0 saturated carbocycles. The van der Waals surface area contributed by atoms with Gasteiger partial charge in [-0.2, -0.15) is 0 Å². The maximum Gasteiger partial charge on any atom is 0.273 e. The van der Waals surface area contributed by atoms with E-state index in [-0.39, 0.29) is 16.1 Å². The van der Waals surface area contributed by atoms with Gasteiger partial charge < -0.3 is 0 Å². The van der Waals surface area contributed by atoms with Crippen LogP contribution in [-0.2, 0) is 10.7 Å². The quantitative estimate of drug-likeness (QED) is 0.437. The lowest BCUT2D eigenvalue weighted by Gasteiger charge is -1.98. The summed E-state index contributed by atoms with van der Waals surface area (Å²) in [5.41, 5.74) is 0.0142. The Morgan fingerprint density at radius 2 is 2.00 bits per heavy atom. The molecule has 0 saturated heterocycles. The van der Waals surface area contributed by atoms with E-state index in [1.807, 2.05) is 0 Å². The fourth-order valence-electron chi connectivity index (χ4n) is 1.01. The average molecular weight is 201 g/mol. The molecule has 5 nitrogen and oxygen atoms in total.